The number of pyridine rings is 1. The van der Waals surface area contributed by atoms with E-state index in [1.165, 1.54) is 0 Å². The first-order valence-corrected chi connectivity index (χ1v) is 6.22. The van der Waals surface area contributed by atoms with Crippen LogP contribution in [0.15, 0.2) is 36.4 Å². The SMILES string of the molecule is COc1cccc(CNc2ccc(NC(=O)O)c(N)n2)c1. The highest BCUT2D eigenvalue weighted by molar-refractivity contribution is 5.86. The van der Waals surface area contributed by atoms with Gasteiger partial charge in [-0.1, -0.05) is 12.1 Å². The molecule has 1 heterocycles. The minimum atomic E-state index is -1.18. The van der Waals surface area contributed by atoms with Crippen LogP contribution in [0.2, 0.25) is 0 Å². The summed E-state index contributed by atoms with van der Waals surface area (Å²) in [7, 11) is 1.61. The van der Waals surface area contributed by atoms with E-state index in [0.29, 0.717) is 12.4 Å². The smallest absolute Gasteiger partial charge is 0.409 e. The maximum atomic E-state index is 10.6. The molecule has 5 N–H and O–H groups in total. The molecule has 0 saturated carbocycles. The molecule has 0 aliphatic heterocycles. The summed E-state index contributed by atoms with van der Waals surface area (Å²) in [5.74, 6) is 1.46. The lowest BCUT2D eigenvalue weighted by atomic mass is 10.2. The van der Waals surface area contributed by atoms with Gasteiger partial charge in [0.15, 0.2) is 0 Å². The van der Waals surface area contributed by atoms with Crippen molar-refractivity contribution in [2.75, 3.05) is 23.5 Å². The van der Waals surface area contributed by atoms with Gasteiger partial charge in [0.25, 0.3) is 0 Å². The van der Waals surface area contributed by atoms with E-state index in [1.807, 2.05) is 24.3 Å². The maximum Gasteiger partial charge on any atom is 0.409 e. The number of aromatic nitrogens is 1. The first-order valence-electron chi connectivity index (χ1n) is 6.22. The Balaban J connectivity index is 2.03. The molecule has 0 radical (unpaired) electrons. The second-order valence-electron chi connectivity index (χ2n) is 4.26. The number of carboxylic acid groups (broad SMARTS) is 1. The number of anilines is 3. The van der Waals surface area contributed by atoms with E-state index >= 15 is 0 Å². The van der Waals surface area contributed by atoms with Crippen molar-refractivity contribution in [2.24, 2.45) is 0 Å². The molecule has 0 unspecified atom stereocenters. The number of nitrogens with one attached hydrogen (secondary N) is 2. The minimum Gasteiger partial charge on any atom is -0.497 e. The van der Waals surface area contributed by atoms with E-state index in [9.17, 15) is 4.79 Å². The van der Waals surface area contributed by atoms with Crippen molar-refractivity contribution in [3.63, 3.8) is 0 Å². The normalized spacial score (nSPS) is 9.95. The highest BCUT2D eigenvalue weighted by Crippen LogP contribution is 2.19. The van der Waals surface area contributed by atoms with Crippen molar-refractivity contribution in [1.82, 2.24) is 4.98 Å². The van der Waals surface area contributed by atoms with Crippen LogP contribution in [-0.2, 0) is 6.54 Å². The fourth-order valence-corrected chi connectivity index (χ4v) is 1.77. The molecule has 2 aromatic rings. The third-order valence-corrected chi connectivity index (χ3v) is 2.77. The number of carbonyl (C=O) groups is 1. The highest BCUT2D eigenvalue weighted by atomic mass is 16.5. The molecule has 0 aliphatic carbocycles. The number of methoxy groups -OCH3 is 1. The lowest BCUT2D eigenvalue weighted by Gasteiger charge is -2.10. The predicted molar refractivity (Wildman–Crippen MR) is 80.6 cm³/mol. The standard InChI is InChI=1S/C14H16N4O3/c1-21-10-4-2-3-9(7-10)8-16-12-6-5-11(13(15)18-12)17-14(19)20/h2-7,17H,8H2,1H3,(H,19,20)(H3,15,16,18). The Morgan fingerprint density at radius 3 is 2.86 bits per heavy atom. The zero-order chi connectivity index (χ0) is 15.2. The lowest BCUT2D eigenvalue weighted by molar-refractivity contribution is 0.210. The van der Waals surface area contributed by atoms with Gasteiger partial charge in [0, 0.05) is 6.54 Å². The number of amides is 1. The van der Waals surface area contributed by atoms with Crippen LogP contribution in [0.25, 0.3) is 0 Å². The van der Waals surface area contributed by atoms with E-state index in [-0.39, 0.29) is 11.5 Å². The maximum absolute atomic E-state index is 10.6. The van der Waals surface area contributed by atoms with Crippen molar-refractivity contribution in [3.8, 4) is 5.75 Å². The molecule has 0 saturated heterocycles. The van der Waals surface area contributed by atoms with Crippen LogP contribution in [0, 0.1) is 0 Å². The van der Waals surface area contributed by atoms with Crippen molar-refractivity contribution >= 4 is 23.4 Å². The van der Waals surface area contributed by atoms with E-state index in [4.69, 9.17) is 15.6 Å². The topological polar surface area (TPSA) is 110 Å². The molecule has 0 fully saturated rings. The average molecular weight is 288 g/mol. The second kappa shape index (κ2) is 6.47. The van der Waals surface area contributed by atoms with Crippen molar-refractivity contribution < 1.29 is 14.6 Å². The van der Waals surface area contributed by atoms with Crippen LogP contribution in [0.1, 0.15) is 5.56 Å². The summed E-state index contributed by atoms with van der Waals surface area (Å²) in [6.45, 7) is 0.551. The molecule has 0 bridgehead atoms. The molecule has 1 aromatic carbocycles. The number of nitrogens with two attached hydrogens (primary N) is 1. The lowest BCUT2D eigenvalue weighted by Crippen LogP contribution is -2.11. The van der Waals surface area contributed by atoms with E-state index < -0.39 is 6.09 Å². The van der Waals surface area contributed by atoms with Crippen molar-refractivity contribution in [1.29, 1.82) is 0 Å². The Kier molecular flexibility index (Phi) is 4.45. The molecular formula is C14H16N4O3. The third-order valence-electron chi connectivity index (χ3n) is 2.77. The van der Waals surface area contributed by atoms with Gasteiger partial charge >= 0.3 is 6.09 Å². The first-order chi connectivity index (χ1) is 10.1. The van der Waals surface area contributed by atoms with Gasteiger partial charge in [-0.15, -0.1) is 0 Å². The van der Waals surface area contributed by atoms with Crippen LogP contribution in [-0.4, -0.2) is 23.3 Å². The van der Waals surface area contributed by atoms with Gasteiger partial charge in [0.1, 0.15) is 17.4 Å². The van der Waals surface area contributed by atoms with Crippen LogP contribution >= 0.6 is 0 Å². The monoisotopic (exact) mass is 288 g/mol. The molecule has 1 aromatic heterocycles. The van der Waals surface area contributed by atoms with Crippen LogP contribution in [0.3, 0.4) is 0 Å². The van der Waals surface area contributed by atoms with Crippen molar-refractivity contribution in [3.05, 3.63) is 42.0 Å². The second-order valence-corrected chi connectivity index (χ2v) is 4.26. The number of benzene rings is 1. The van der Waals surface area contributed by atoms with E-state index in [1.54, 1.807) is 19.2 Å². The molecular weight excluding hydrogens is 272 g/mol. The summed E-state index contributed by atoms with van der Waals surface area (Å²) in [5.41, 5.74) is 6.98. The van der Waals surface area contributed by atoms with Gasteiger partial charge in [-0.2, -0.15) is 0 Å². The van der Waals surface area contributed by atoms with Crippen molar-refractivity contribution in [2.45, 2.75) is 6.54 Å². The minimum absolute atomic E-state index is 0.119. The molecule has 7 nitrogen and oxygen atoms in total. The fraction of sp³-hybridized carbons (Fsp3) is 0.143. The van der Waals surface area contributed by atoms with Crippen LogP contribution in [0.4, 0.5) is 22.1 Å². The predicted octanol–water partition coefficient (Wildman–Crippen LogP) is 2.37. The summed E-state index contributed by atoms with van der Waals surface area (Å²) in [6, 6.07) is 10.9. The molecule has 110 valence electrons. The Hall–Kier alpha value is -2.96. The molecule has 7 heteroatoms. The first kappa shape index (κ1) is 14.4. The fourth-order valence-electron chi connectivity index (χ4n) is 1.77. The average Bonchev–Trinajstić information content (AvgIpc) is 2.47. The molecule has 0 spiro atoms. The van der Waals surface area contributed by atoms with Gasteiger partial charge in [-0.25, -0.2) is 9.78 Å². The van der Waals surface area contributed by atoms with Gasteiger partial charge in [-0.3, -0.25) is 5.32 Å². The Labute approximate surface area is 121 Å². The largest absolute Gasteiger partial charge is 0.497 e. The summed E-state index contributed by atoms with van der Waals surface area (Å²) < 4.78 is 5.15. The number of rotatable bonds is 5. The third kappa shape index (κ3) is 4.00. The molecule has 2 rings (SSSR count). The molecule has 21 heavy (non-hydrogen) atoms. The number of nitrogen functional groups attached to an aromatic ring is 1. The summed E-state index contributed by atoms with van der Waals surface area (Å²) in [5, 5.41) is 13.9. The van der Waals surface area contributed by atoms with Gasteiger partial charge in [0.2, 0.25) is 0 Å². The Morgan fingerprint density at radius 2 is 2.19 bits per heavy atom. The molecule has 1 amide bonds. The van der Waals surface area contributed by atoms with Gasteiger partial charge in [-0.05, 0) is 29.8 Å². The van der Waals surface area contributed by atoms with E-state index in [2.05, 4.69) is 15.6 Å². The summed E-state index contributed by atoms with van der Waals surface area (Å²) >= 11 is 0. The Bertz CT molecular complexity index is 646. The number of ether oxygens (including phenoxy) is 1. The summed E-state index contributed by atoms with van der Waals surface area (Å²) in [6.07, 6.45) is -1.18. The summed E-state index contributed by atoms with van der Waals surface area (Å²) in [4.78, 5) is 14.6. The van der Waals surface area contributed by atoms with Crippen LogP contribution < -0.4 is 21.1 Å². The molecule has 0 atom stereocenters. The van der Waals surface area contributed by atoms with Gasteiger partial charge in [0.05, 0.1) is 12.8 Å². The quantitative estimate of drug-likeness (QED) is 0.672. The van der Waals surface area contributed by atoms with Gasteiger partial charge < -0.3 is 20.9 Å². The van der Waals surface area contributed by atoms with E-state index in [0.717, 1.165) is 11.3 Å². The Morgan fingerprint density at radius 1 is 1.38 bits per heavy atom. The zero-order valence-corrected chi connectivity index (χ0v) is 11.5. The van der Waals surface area contributed by atoms with Crippen LogP contribution in [0.5, 0.6) is 5.75 Å². The molecule has 0 aliphatic rings. The number of nitrogens with zero attached hydrogens (tertiary/aromatic N) is 1. The number of hydrogen-bond donors (Lipinski definition) is 4. The number of hydrogen-bond acceptors (Lipinski definition) is 5. The zero-order valence-electron chi connectivity index (χ0n) is 11.5. The highest BCUT2D eigenvalue weighted by Gasteiger charge is 2.05.